The highest BCUT2D eigenvalue weighted by Gasteiger charge is 2.19. The summed E-state index contributed by atoms with van der Waals surface area (Å²) in [7, 11) is 0. The van der Waals surface area contributed by atoms with Crippen molar-refractivity contribution in [2.24, 2.45) is 0 Å². The first-order valence-electron chi connectivity index (χ1n) is 35.3. The number of hydrogen-bond acceptors (Lipinski definition) is 1. The molecule has 0 N–H and O–H groups in total. The van der Waals surface area contributed by atoms with E-state index >= 15 is 0 Å². The molecule has 0 aliphatic heterocycles. The van der Waals surface area contributed by atoms with E-state index in [2.05, 4.69) is 312 Å². The molecule has 0 amide bonds. The second-order valence-electron chi connectivity index (χ2n) is 28.1. The molecule has 9 aromatic rings. The quantitative estimate of drug-likeness (QED) is 0.138. The molecule has 1 aromatic heterocycles. The first kappa shape index (κ1) is 87.5. The maximum Gasteiger partial charge on any atom is 0.0305 e. The number of nitrogens with zero attached hydrogens (tertiary/aromatic N) is 1. The van der Waals surface area contributed by atoms with Gasteiger partial charge in [-0.25, -0.2) is 0 Å². The lowest BCUT2D eigenvalue weighted by Gasteiger charge is -2.23. The molecule has 1 heterocycles. The van der Waals surface area contributed by atoms with Crippen LogP contribution in [-0.4, -0.2) is 4.98 Å². The summed E-state index contributed by atoms with van der Waals surface area (Å²) in [5.74, 6) is 0. The Morgan fingerprint density at radius 3 is 1.03 bits per heavy atom. The first-order chi connectivity index (χ1) is 43.0. The minimum Gasteiger partial charge on any atom is -0.264 e. The summed E-state index contributed by atoms with van der Waals surface area (Å²) in [6.07, 6.45) is 14.6. The molecule has 8 aromatic carbocycles. The molecule has 0 spiro atoms. The van der Waals surface area contributed by atoms with Gasteiger partial charge in [-0.15, -0.1) is 0 Å². The monoisotopic (exact) mass is 1240 g/mol. The topological polar surface area (TPSA) is 12.9 Å². The van der Waals surface area contributed by atoms with E-state index in [1.165, 1.54) is 103 Å². The van der Waals surface area contributed by atoms with E-state index in [0.29, 0.717) is 10.8 Å². The summed E-state index contributed by atoms with van der Waals surface area (Å²) in [5.41, 5.74) is 16.0. The second kappa shape index (κ2) is 43.4. The third kappa shape index (κ3) is 30.5. The van der Waals surface area contributed by atoms with Crippen LogP contribution in [0.3, 0.4) is 0 Å². The molecule has 506 valence electrons. The van der Waals surface area contributed by atoms with Crippen molar-refractivity contribution in [3.63, 3.8) is 0 Å². The summed E-state index contributed by atoms with van der Waals surface area (Å²) in [6, 6.07) is 63.7. The molecule has 0 atom stereocenters. The van der Waals surface area contributed by atoms with Gasteiger partial charge in [-0.05, 0) is 171 Å². The molecule has 1 nitrogen and oxygen atoms in total. The molecular formula is C91H137N. The molecule has 0 radical (unpaired) electrons. The van der Waals surface area contributed by atoms with Gasteiger partial charge >= 0.3 is 0 Å². The van der Waals surface area contributed by atoms with Crippen molar-refractivity contribution in [2.75, 3.05) is 0 Å². The summed E-state index contributed by atoms with van der Waals surface area (Å²) in [5, 5.41) is 7.94. The zero-order valence-corrected chi connectivity index (χ0v) is 64.0. The Hall–Kier alpha value is -6.57. The number of aromatic nitrogens is 1. The molecule has 0 fully saturated rings. The van der Waals surface area contributed by atoms with Gasteiger partial charge < -0.3 is 0 Å². The number of rotatable bonds is 0. The summed E-state index contributed by atoms with van der Waals surface area (Å²) in [6.45, 7) is 64.4. The number of benzene rings is 8. The average molecular weight is 1250 g/mol. The number of fused-ring (bicyclic) bond motifs is 5. The third-order valence-electron chi connectivity index (χ3n) is 15.2. The van der Waals surface area contributed by atoms with Crippen LogP contribution in [0.2, 0.25) is 0 Å². The second-order valence-corrected chi connectivity index (χ2v) is 28.1. The number of pyridine rings is 1. The van der Waals surface area contributed by atoms with Crippen molar-refractivity contribution in [2.45, 2.75) is 280 Å². The lowest BCUT2D eigenvalue weighted by Crippen LogP contribution is -2.13. The Morgan fingerprint density at radius 1 is 0.272 bits per heavy atom. The SMILES string of the molecule is C.CC.CC.CC.CC.CC.CC.CC(C)(C)c1ccc2c(c1)C=CC2.CC(C)(C)c1ccc2c(c1)CCCC2.CC(C)(C)c1ccc2cc3ccccc3cc2c1.CC(C)(C)c1ccc2ccccc2c1.CC(C)(C)c1ccccc1.CC(C)(C)c1cccnc1. The lowest BCUT2D eigenvalue weighted by molar-refractivity contribution is 0.585. The molecule has 92 heavy (non-hydrogen) atoms. The van der Waals surface area contributed by atoms with Crippen molar-refractivity contribution in [1.82, 2.24) is 4.98 Å². The van der Waals surface area contributed by atoms with Gasteiger partial charge in [0.15, 0.2) is 0 Å². The van der Waals surface area contributed by atoms with Crippen LogP contribution in [0, 0.1) is 0 Å². The third-order valence-corrected chi connectivity index (χ3v) is 15.2. The largest absolute Gasteiger partial charge is 0.264 e. The Labute approximate surface area is 569 Å². The maximum atomic E-state index is 4.05. The van der Waals surface area contributed by atoms with E-state index in [-0.39, 0.29) is 29.1 Å². The van der Waals surface area contributed by atoms with Gasteiger partial charge in [0.25, 0.3) is 0 Å². The summed E-state index contributed by atoms with van der Waals surface area (Å²) >= 11 is 0. The van der Waals surface area contributed by atoms with Crippen molar-refractivity contribution in [3.8, 4) is 0 Å². The standard InChI is InChI=1S/C18H18.C14H20.C14H16.C13H16.C10H14.C9H13N.6C2H6.CH4/c1-18(2,3)17-9-8-15-10-13-6-4-5-7-14(13)11-16(15)12-17;2*1-14(2,3)13-9-8-11-6-4-5-7-12(11)10-13;1-13(2,3)12-8-7-10-5-4-6-11(10)9-12;1-10(2,3)9-7-5-4-6-8-9;1-9(2,3)8-5-4-6-10-7-8;6*1-2;/h4-12H,1-3H3;8-10H,4-7H2,1-3H3;4-10H,1-3H3;4,6-9H,5H2,1-3H3;4-8H,1-3H3;4-7H,1-3H3;6*1-2H3;1H4. The van der Waals surface area contributed by atoms with Gasteiger partial charge in [-0.3, -0.25) is 4.98 Å². The minimum absolute atomic E-state index is 0. The van der Waals surface area contributed by atoms with Gasteiger partial charge in [-0.2, -0.15) is 0 Å². The normalized spacial score (nSPS) is 11.7. The fourth-order valence-electron chi connectivity index (χ4n) is 9.72. The number of allylic oxidation sites excluding steroid dienone is 1. The van der Waals surface area contributed by atoms with Crippen molar-refractivity contribution >= 4 is 38.4 Å². The average Bonchev–Trinajstić information content (AvgIpc) is 0.972. The zero-order valence-electron chi connectivity index (χ0n) is 64.0. The fraction of sp³-hybridized carbons (Fsp3) is 0.462. The lowest BCUT2D eigenvalue weighted by atomic mass is 9.82. The number of hydrogen-bond donors (Lipinski definition) is 0. The Balaban J connectivity index is 0. The van der Waals surface area contributed by atoms with E-state index in [9.17, 15) is 0 Å². The molecule has 0 unspecified atom stereocenters. The van der Waals surface area contributed by atoms with Crippen LogP contribution >= 0.6 is 0 Å². The van der Waals surface area contributed by atoms with Crippen molar-refractivity contribution < 1.29 is 0 Å². The van der Waals surface area contributed by atoms with Crippen LogP contribution in [0.1, 0.15) is 284 Å². The van der Waals surface area contributed by atoms with Gasteiger partial charge in [0.1, 0.15) is 0 Å². The Kier molecular flexibility index (Phi) is 41.2. The summed E-state index contributed by atoms with van der Waals surface area (Å²) < 4.78 is 0. The van der Waals surface area contributed by atoms with Crippen LogP contribution in [-0.2, 0) is 51.8 Å². The van der Waals surface area contributed by atoms with Gasteiger partial charge in [0.05, 0.1) is 0 Å². The molecule has 2 aliphatic carbocycles. The van der Waals surface area contributed by atoms with Crippen LogP contribution in [0.15, 0.2) is 194 Å². The predicted molar refractivity (Wildman–Crippen MR) is 425 cm³/mol. The van der Waals surface area contributed by atoms with E-state index in [1.54, 1.807) is 17.3 Å². The molecule has 2 aliphatic rings. The van der Waals surface area contributed by atoms with Gasteiger partial charge in [-0.1, -0.05) is 385 Å². The highest BCUT2D eigenvalue weighted by atomic mass is 14.6. The highest BCUT2D eigenvalue weighted by molar-refractivity contribution is 5.98. The molecule has 11 rings (SSSR count). The summed E-state index contributed by atoms with van der Waals surface area (Å²) in [4.78, 5) is 4.05. The van der Waals surface area contributed by atoms with Crippen LogP contribution in [0.25, 0.3) is 38.4 Å². The first-order valence-corrected chi connectivity index (χ1v) is 35.3. The van der Waals surface area contributed by atoms with E-state index in [1.807, 2.05) is 95.3 Å². The van der Waals surface area contributed by atoms with Gasteiger partial charge in [0, 0.05) is 12.4 Å². The molecular weight excluding hydrogens is 1110 g/mol. The maximum absolute atomic E-state index is 4.05. The van der Waals surface area contributed by atoms with Crippen LogP contribution < -0.4 is 0 Å². The van der Waals surface area contributed by atoms with E-state index in [4.69, 9.17) is 0 Å². The van der Waals surface area contributed by atoms with E-state index in [0.717, 1.165) is 6.42 Å². The predicted octanol–water partition coefficient (Wildman–Crippen LogP) is 29.0. The smallest absolute Gasteiger partial charge is 0.0305 e. The molecule has 0 bridgehead atoms. The number of aryl methyl sites for hydroxylation is 2. The van der Waals surface area contributed by atoms with Crippen molar-refractivity contribution in [3.05, 3.63) is 250 Å². The van der Waals surface area contributed by atoms with Gasteiger partial charge in [0.2, 0.25) is 0 Å². The Morgan fingerprint density at radius 2 is 0.609 bits per heavy atom. The zero-order chi connectivity index (χ0) is 69.8. The van der Waals surface area contributed by atoms with Crippen molar-refractivity contribution in [1.29, 1.82) is 0 Å². The highest BCUT2D eigenvalue weighted by Crippen LogP contribution is 2.32. The molecule has 0 saturated heterocycles. The minimum atomic E-state index is 0. The molecule has 1 heteroatoms. The van der Waals surface area contributed by atoms with Crippen LogP contribution in [0.4, 0.5) is 0 Å². The Bertz CT molecular complexity index is 3330. The molecule has 0 saturated carbocycles. The van der Waals surface area contributed by atoms with Crippen LogP contribution in [0.5, 0.6) is 0 Å². The fourth-order valence-corrected chi connectivity index (χ4v) is 9.72. The van der Waals surface area contributed by atoms with E-state index < -0.39 is 0 Å².